The number of nitrogens with one attached hydrogen (secondary N) is 1. The molecule has 3 aromatic rings. The highest BCUT2D eigenvalue weighted by Gasteiger charge is 2.15. The molecule has 136 valence electrons. The lowest BCUT2D eigenvalue weighted by Crippen LogP contribution is -2.27. The number of hydrogen-bond acceptors (Lipinski definition) is 5. The fourth-order valence-corrected chi connectivity index (χ4v) is 4.70. The molecule has 2 aromatic heterocycles. The first-order chi connectivity index (χ1) is 12.4. The molecule has 0 aliphatic heterocycles. The Morgan fingerprint density at radius 3 is 2.65 bits per heavy atom. The molecular weight excluding hydrogens is 369 g/mol. The van der Waals surface area contributed by atoms with Crippen molar-refractivity contribution < 1.29 is 9.18 Å². The Morgan fingerprint density at radius 1 is 1.19 bits per heavy atom. The maximum atomic E-state index is 12.9. The second-order valence-electron chi connectivity index (χ2n) is 6.05. The zero-order valence-corrected chi connectivity index (χ0v) is 16.6. The first kappa shape index (κ1) is 18.8. The smallest absolute Gasteiger partial charge is 0.230 e. The second kappa shape index (κ2) is 8.14. The summed E-state index contributed by atoms with van der Waals surface area (Å²) in [6.45, 7) is 6.55. The number of nitrogens with zero attached hydrogens (tertiary/aromatic N) is 2. The number of thiophene rings is 1. The van der Waals surface area contributed by atoms with Crippen LogP contribution in [-0.2, 0) is 11.2 Å². The van der Waals surface area contributed by atoms with E-state index in [1.54, 1.807) is 23.5 Å². The summed E-state index contributed by atoms with van der Waals surface area (Å²) in [6.07, 6.45) is 0.677. The van der Waals surface area contributed by atoms with Crippen LogP contribution < -0.4 is 5.32 Å². The third kappa shape index (κ3) is 4.40. The van der Waals surface area contributed by atoms with Gasteiger partial charge in [0, 0.05) is 16.8 Å². The molecule has 0 saturated carbocycles. The van der Waals surface area contributed by atoms with E-state index >= 15 is 0 Å². The predicted octanol–water partition coefficient (Wildman–Crippen LogP) is 4.21. The third-order valence-corrected chi connectivity index (χ3v) is 6.17. The van der Waals surface area contributed by atoms with E-state index in [9.17, 15) is 9.18 Å². The van der Waals surface area contributed by atoms with Gasteiger partial charge in [0.15, 0.2) is 0 Å². The van der Waals surface area contributed by atoms with Gasteiger partial charge < -0.3 is 5.32 Å². The highest BCUT2D eigenvalue weighted by atomic mass is 32.2. The Kier molecular flexibility index (Phi) is 5.88. The molecule has 3 rings (SSSR count). The number of hydrogen-bond donors (Lipinski definition) is 1. The van der Waals surface area contributed by atoms with Crippen LogP contribution in [0.5, 0.6) is 0 Å². The molecule has 0 aliphatic carbocycles. The number of fused-ring (bicyclic) bond motifs is 1. The van der Waals surface area contributed by atoms with E-state index in [0.29, 0.717) is 18.7 Å². The molecule has 7 heteroatoms. The van der Waals surface area contributed by atoms with Crippen LogP contribution in [0.2, 0.25) is 0 Å². The van der Waals surface area contributed by atoms with Crippen LogP contribution in [0.4, 0.5) is 4.39 Å². The average molecular weight is 390 g/mol. The van der Waals surface area contributed by atoms with Crippen molar-refractivity contribution in [2.24, 2.45) is 0 Å². The van der Waals surface area contributed by atoms with Crippen LogP contribution in [0.3, 0.4) is 0 Å². The minimum atomic E-state index is -0.250. The highest BCUT2D eigenvalue weighted by molar-refractivity contribution is 8.00. The van der Waals surface area contributed by atoms with Crippen molar-refractivity contribution in [3.05, 3.63) is 51.9 Å². The first-order valence-electron chi connectivity index (χ1n) is 8.32. The standard InChI is InChI=1S/C19H20FN3OS2/c1-11-12(2)26-19-17(11)18(22-13(3)23-19)25-10-16(24)21-9-8-14-4-6-15(20)7-5-14/h4-7H,8-10H2,1-3H3,(H,21,24). The van der Waals surface area contributed by atoms with Gasteiger partial charge in [0.1, 0.15) is 21.5 Å². The topological polar surface area (TPSA) is 54.9 Å². The molecule has 0 unspecified atom stereocenters. The average Bonchev–Trinajstić information content (AvgIpc) is 2.88. The van der Waals surface area contributed by atoms with Gasteiger partial charge >= 0.3 is 0 Å². The van der Waals surface area contributed by atoms with Crippen molar-refractivity contribution in [3.8, 4) is 0 Å². The van der Waals surface area contributed by atoms with Gasteiger partial charge in [-0.2, -0.15) is 0 Å². The SMILES string of the molecule is Cc1nc(SCC(=O)NCCc2ccc(F)cc2)c2c(C)c(C)sc2n1. The number of benzene rings is 1. The maximum Gasteiger partial charge on any atom is 0.230 e. The Bertz CT molecular complexity index is 938. The van der Waals surface area contributed by atoms with Gasteiger partial charge in [0.2, 0.25) is 5.91 Å². The summed E-state index contributed by atoms with van der Waals surface area (Å²) in [4.78, 5) is 23.4. The van der Waals surface area contributed by atoms with Crippen LogP contribution >= 0.6 is 23.1 Å². The van der Waals surface area contributed by atoms with E-state index in [2.05, 4.69) is 29.1 Å². The predicted molar refractivity (Wildman–Crippen MR) is 105 cm³/mol. The molecular formula is C19H20FN3OS2. The Hall–Kier alpha value is -1.99. The summed E-state index contributed by atoms with van der Waals surface area (Å²) in [6, 6.07) is 6.33. The van der Waals surface area contributed by atoms with E-state index in [1.165, 1.54) is 34.3 Å². The molecule has 1 N–H and O–H groups in total. The summed E-state index contributed by atoms with van der Waals surface area (Å²) in [5.74, 6) is 0.743. The fraction of sp³-hybridized carbons (Fsp3) is 0.316. The lowest BCUT2D eigenvalue weighted by Gasteiger charge is -2.07. The number of amides is 1. The van der Waals surface area contributed by atoms with Gasteiger partial charge in [-0.3, -0.25) is 4.79 Å². The van der Waals surface area contributed by atoms with Gasteiger partial charge in [-0.25, -0.2) is 14.4 Å². The second-order valence-corrected chi connectivity index (χ2v) is 8.22. The van der Waals surface area contributed by atoms with Crippen molar-refractivity contribution in [2.45, 2.75) is 32.2 Å². The zero-order valence-electron chi connectivity index (χ0n) is 14.9. The molecule has 1 amide bonds. The number of aryl methyl sites for hydroxylation is 3. The lowest BCUT2D eigenvalue weighted by molar-refractivity contribution is -0.118. The van der Waals surface area contributed by atoms with E-state index < -0.39 is 0 Å². The maximum absolute atomic E-state index is 12.9. The first-order valence-corrected chi connectivity index (χ1v) is 10.1. The largest absolute Gasteiger partial charge is 0.355 e. The fourth-order valence-electron chi connectivity index (χ4n) is 2.60. The van der Waals surface area contributed by atoms with Crippen LogP contribution in [0, 0.1) is 26.6 Å². The molecule has 0 spiro atoms. The quantitative estimate of drug-likeness (QED) is 0.507. The summed E-state index contributed by atoms with van der Waals surface area (Å²) in [5.41, 5.74) is 2.18. The molecule has 1 aromatic carbocycles. The zero-order chi connectivity index (χ0) is 18.7. The molecule has 0 fully saturated rings. The van der Waals surface area contributed by atoms with Crippen molar-refractivity contribution in [1.29, 1.82) is 0 Å². The Morgan fingerprint density at radius 2 is 1.92 bits per heavy atom. The van der Waals surface area contributed by atoms with Gasteiger partial charge in [-0.1, -0.05) is 23.9 Å². The minimum Gasteiger partial charge on any atom is -0.355 e. The Balaban J connectivity index is 1.57. The van der Waals surface area contributed by atoms with E-state index in [1.807, 2.05) is 6.92 Å². The van der Waals surface area contributed by atoms with Gasteiger partial charge in [-0.05, 0) is 50.5 Å². The Labute approximate surface area is 160 Å². The molecule has 0 saturated heterocycles. The summed E-state index contributed by atoms with van der Waals surface area (Å²) in [7, 11) is 0. The van der Waals surface area contributed by atoms with Crippen LogP contribution in [0.25, 0.3) is 10.2 Å². The number of rotatable bonds is 6. The molecule has 0 atom stereocenters. The molecule has 0 aliphatic rings. The van der Waals surface area contributed by atoms with E-state index in [-0.39, 0.29) is 11.7 Å². The molecule has 26 heavy (non-hydrogen) atoms. The van der Waals surface area contributed by atoms with Crippen LogP contribution in [0.15, 0.2) is 29.3 Å². The highest BCUT2D eigenvalue weighted by Crippen LogP contribution is 2.34. The number of halogens is 1. The van der Waals surface area contributed by atoms with Crippen molar-refractivity contribution >= 4 is 39.2 Å². The summed E-state index contributed by atoms with van der Waals surface area (Å²) >= 11 is 3.10. The van der Waals surface area contributed by atoms with Crippen molar-refractivity contribution in [1.82, 2.24) is 15.3 Å². The number of carbonyl (C=O) groups excluding carboxylic acids is 1. The van der Waals surface area contributed by atoms with Crippen molar-refractivity contribution in [3.63, 3.8) is 0 Å². The van der Waals surface area contributed by atoms with Crippen molar-refractivity contribution in [2.75, 3.05) is 12.3 Å². The molecule has 4 nitrogen and oxygen atoms in total. The normalized spacial score (nSPS) is 11.1. The number of thioether (sulfide) groups is 1. The number of aromatic nitrogens is 2. The summed E-state index contributed by atoms with van der Waals surface area (Å²) < 4.78 is 12.9. The molecule has 0 radical (unpaired) electrons. The monoisotopic (exact) mass is 389 g/mol. The van der Waals surface area contributed by atoms with Gasteiger partial charge in [0.05, 0.1) is 5.75 Å². The molecule has 2 heterocycles. The molecule has 0 bridgehead atoms. The number of carbonyl (C=O) groups is 1. The van der Waals surface area contributed by atoms with Crippen LogP contribution in [-0.4, -0.2) is 28.2 Å². The lowest BCUT2D eigenvalue weighted by atomic mass is 10.1. The van der Waals surface area contributed by atoms with E-state index in [4.69, 9.17) is 0 Å². The van der Waals surface area contributed by atoms with Gasteiger partial charge in [-0.15, -0.1) is 11.3 Å². The third-order valence-electron chi connectivity index (χ3n) is 4.10. The minimum absolute atomic E-state index is 0.0360. The van der Waals surface area contributed by atoms with Gasteiger partial charge in [0.25, 0.3) is 0 Å². The van der Waals surface area contributed by atoms with Crippen LogP contribution in [0.1, 0.15) is 21.8 Å². The summed E-state index contributed by atoms with van der Waals surface area (Å²) in [5, 5.41) is 4.83. The van der Waals surface area contributed by atoms with E-state index in [0.717, 1.165) is 26.6 Å².